The van der Waals surface area contributed by atoms with E-state index in [9.17, 15) is 0 Å². The number of aromatic nitrogens is 1. The van der Waals surface area contributed by atoms with E-state index in [-0.39, 0.29) is 11.2 Å². The Morgan fingerprint density at radius 3 is 1.83 bits per heavy atom. The van der Waals surface area contributed by atoms with Crippen LogP contribution in [0.2, 0.25) is 16.6 Å². The number of nitrogens with zero attached hydrogens (tertiary/aromatic N) is 1. The molecule has 2 heterocycles. The summed E-state index contributed by atoms with van der Waals surface area (Å²) in [6.07, 6.45) is 2.33. The standard InChI is InChI=1S/C24H40BNO3Si/c1-16(2)30(17(3)4,18(5)6)26-15-19(22-20(26)13-12-14-21(22)27-11)25-28-23(7,8)24(9,10)29-25/h12-18H,1-11H3. The van der Waals surface area contributed by atoms with Crippen LogP contribution < -0.4 is 10.2 Å². The van der Waals surface area contributed by atoms with Crippen LogP contribution in [0.5, 0.6) is 5.75 Å². The molecule has 0 unspecified atom stereocenters. The molecule has 6 heteroatoms. The number of benzene rings is 1. The van der Waals surface area contributed by atoms with Crippen molar-refractivity contribution in [3.8, 4) is 5.75 Å². The van der Waals surface area contributed by atoms with Crippen LogP contribution in [0.15, 0.2) is 24.4 Å². The van der Waals surface area contributed by atoms with E-state index in [1.165, 1.54) is 5.52 Å². The summed E-state index contributed by atoms with van der Waals surface area (Å²) < 4.78 is 21.4. The fourth-order valence-corrected chi connectivity index (χ4v) is 12.4. The van der Waals surface area contributed by atoms with Gasteiger partial charge in [0.25, 0.3) is 0 Å². The van der Waals surface area contributed by atoms with Crippen LogP contribution in [0.3, 0.4) is 0 Å². The van der Waals surface area contributed by atoms with Crippen molar-refractivity contribution in [3.05, 3.63) is 24.4 Å². The Bertz CT molecular complexity index is 879. The number of hydrogen-bond acceptors (Lipinski definition) is 3. The van der Waals surface area contributed by atoms with E-state index in [4.69, 9.17) is 14.0 Å². The van der Waals surface area contributed by atoms with Gasteiger partial charge in [0.05, 0.1) is 18.3 Å². The molecule has 0 atom stereocenters. The first-order chi connectivity index (χ1) is 13.8. The van der Waals surface area contributed by atoms with Gasteiger partial charge in [0.1, 0.15) is 5.75 Å². The maximum absolute atomic E-state index is 6.49. The third-order valence-corrected chi connectivity index (χ3v) is 14.5. The first kappa shape index (κ1) is 23.4. The van der Waals surface area contributed by atoms with Crippen molar-refractivity contribution in [2.24, 2.45) is 0 Å². The average Bonchev–Trinajstić information content (AvgIpc) is 3.09. The van der Waals surface area contributed by atoms with Gasteiger partial charge in [-0.1, -0.05) is 47.6 Å². The maximum Gasteiger partial charge on any atom is 0.497 e. The molecule has 1 aliphatic rings. The monoisotopic (exact) mass is 429 g/mol. The van der Waals surface area contributed by atoms with E-state index in [0.29, 0.717) is 16.6 Å². The van der Waals surface area contributed by atoms with Crippen molar-refractivity contribution in [1.29, 1.82) is 0 Å². The second kappa shape index (κ2) is 7.72. The summed E-state index contributed by atoms with van der Waals surface area (Å²) in [5, 5.41) is 1.12. The van der Waals surface area contributed by atoms with Crippen molar-refractivity contribution in [1.82, 2.24) is 4.23 Å². The summed E-state index contributed by atoms with van der Waals surface area (Å²) in [5.41, 5.74) is 3.33. The molecule has 0 radical (unpaired) electrons. The van der Waals surface area contributed by atoms with Crippen LogP contribution in [-0.4, -0.2) is 37.9 Å². The van der Waals surface area contributed by atoms with Gasteiger partial charge in [0.2, 0.25) is 0 Å². The van der Waals surface area contributed by atoms with E-state index in [2.05, 4.69) is 91.8 Å². The Balaban J connectivity index is 2.34. The van der Waals surface area contributed by atoms with Gasteiger partial charge >= 0.3 is 7.12 Å². The zero-order valence-corrected chi connectivity index (χ0v) is 21.8. The van der Waals surface area contributed by atoms with E-state index >= 15 is 0 Å². The molecule has 1 saturated heterocycles. The molecule has 0 bridgehead atoms. The second-order valence-corrected chi connectivity index (χ2v) is 16.5. The summed E-state index contributed by atoms with van der Waals surface area (Å²) >= 11 is 0. The third-order valence-electron chi connectivity index (χ3n) is 7.74. The third kappa shape index (κ3) is 3.26. The Morgan fingerprint density at radius 1 is 0.900 bits per heavy atom. The predicted molar refractivity (Wildman–Crippen MR) is 131 cm³/mol. The number of hydrogen-bond donors (Lipinski definition) is 0. The van der Waals surface area contributed by atoms with E-state index in [1.54, 1.807) is 7.11 Å². The molecule has 2 aromatic rings. The quantitative estimate of drug-likeness (QED) is 0.530. The highest BCUT2D eigenvalue weighted by molar-refractivity contribution is 6.83. The minimum Gasteiger partial charge on any atom is -0.496 e. The second-order valence-electron chi connectivity index (χ2n) is 10.7. The first-order valence-electron chi connectivity index (χ1n) is 11.3. The predicted octanol–water partition coefficient (Wildman–Crippen LogP) is 5.97. The highest BCUT2D eigenvalue weighted by Gasteiger charge is 2.54. The lowest BCUT2D eigenvalue weighted by Crippen LogP contribution is -2.52. The van der Waals surface area contributed by atoms with Crippen molar-refractivity contribution in [2.75, 3.05) is 7.11 Å². The van der Waals surface area contributed by atoms with Crippen molar-refractivity contribution in [3.63, 3.8) is 0 Å². The van der Waals surface area contributed by atoms with Gasteiger partial charge in [-0.25, -0.2) is 0 Å². The molecule has 0 saturated carbocycles. The zero-order valence-electron chi connectivity index (χ0n) is 20.8. The normalized spacial score (nSPS) is 18.9. The number of ether oxygens (including phenoxy) is 1. The summed E-state index contributed by atoms with van der Waals surface area (Å²) in [7, 11) is -0.616. The zero-order chi connectivity index (χ0) is 22.6. The Labute approximate surface area is 184 Å². The van der Waals surface area contributed by atoms with Crippen molar-refractivity contribution in [2.45, 2.75) is 97.1 Å². The molecular formula is C24H40BNO3Si. The highest BCUT2D eigenvalue weighted by Crippen LogP contribution is 2.45. The van der Waals surface area contributed by atoms with Gasteiger partial charge in [-0.05, 0) is 62.6 Å². The fraction of sp³-hybridized carbons (Fsp3) is 0.667. The molecule has 0 amide bonds. The molecule has 166 valence electrons. The maximum atomic E-state index is 6.49. The van der Waals surface area contributed by atoms with Crippen LogP contribution in [0.25, 0.3) is 10.9 Å². The summed E-state index contributed by atoms with van der Waals surface area (Å²) in [6.45, 7) is 22.8. The lowest BCUT2D eigenvalue weighted by atomic mass is 9.79. The average molecular weight is 429 g/mol. The number of methoxy groups -OCH3 is 1. The topological polar surface area (TPSA) is 32.6 Å². The summed E-state index contributed by atoms with van der Waals surface area (Å²) in [4.78, 5) is 0. The molecular weight excluding hydrogens is 389 g/mol. The number of fused-ring (bicyclic) bond motifs is 1. The largest absolute Gasteiger partial charge is 0.497 e. The molecule has 30 heavy (non-hydrogen) atoms. The smallest absolute Gasteiger partial charge is 0.496 e. The van der Waals surface area contributed by atoms with Crippen molar-refractivity contribution < 1.29 is 14.0 Å². The SMILES string of the molecule is COc1cccc2c1c(B1OC(C)(C)C(C)(C)O1)cn2[Si](C(C)C)(C(C)C)C(C)C. The number of rotatable bonds is 6. The molecule has 1 fully saturated rings. The van der Waals surface area contributed by atoms with Gasteiger partial charge in [-0.15, -0.1) is 0 Å². The van der Waals surface area contributed by atoms with Gasteiger partial charge in [-0.2, -0.15) is 0 Å². The Morgan fingerprint density at radius 2 is 1.40 bits per heavy atom. The van der Waals surface area contributed by atoms with Gasteiger partial charge in [0, 0.05) is 16.4 Å². The van der Waals surface area contributed by atoms with Crippen LogP contribution in [0.1, 0.15) is 69.2 Å². The molecule has 1 aromatic heterocycles. The lowest BCUT2D eigenvalue weighted by Gasteiger charge is -2.44. The van der Waals surface area contributed by atoms with Crippen molar-refractivity contribution >= 4 is 31.7 Å². The van der Waals surface area contributed by atoms with Crippen LogP contribution in [0, 0.1) is 0 Å². The first-order valence-corrected chi connectivity index (χ1v) is 13.5. The minimum absolute atomic E-state index is 0.378. The Kier molecular flexibility index (Phi) is 6.03. The van der Waals surface area contributed by atoms with Crippen LogP contribution in [-0.2, 0) is 9.31 Å². The minimum atomic E-state index is -1.96. The lowest BCUT2D eigenvalue weighted by molar-refractivity contribution is 0.00578. The Hall–Kier alpha value is -1.24. The van der Waals surface area contributed by atoms with Gasteiger partial charge in [-0.3, -0.25) is 0 Å². The molecule has 0 N–H and O–H groups in total. The molecule has 0 aliphatic carbocycles. The molecule has 3 rings (SSSR count). The molecule has 0 spiro atoms. The highest BCUT2D eigenvalue weighted by atomic mass is 28.3. The molecule has 1 aliphatic heterocycles. The molecule has 4 nitrogen and oxygen atoms in total. The van der Waals surface area contributed by atoms with Gasteiger partial charge < -0.3 is 18.3 Å². The fourth-order valence-electron chi connectivity index (χ4n) is 5.76. The summed E-state index contributed by atoms with van der Waals surface area (Å²) in [5.74, 6) is 0.884. The van der Waals surface area contributed by atoms with Crippen LogP contribution >= 0.6 is 0 Å². The van der Waals surface area contributed by atoms with Gasteiger partial charge in [0.15, 0.2) is 8.24 Å². The van der Waals surface area contributed by atoms with Crippen LogP contribution in [0.4, 0.5) is 0 Å². The molecule has 1 aromatic carbocycles. The summed E-state index contributed by atoms with van der Waals surface area (Å²) in [6, 6.07) is 6.39. The van der Waals surface area contributed by atoms with E-state index in [0.717, 1.165) is 16.6 Å². The van der Waals surface area contributed by atoms with E-state index < -0.39 is 15.4 Å². The van der Waals surface area contributed by atoms with E-state index in [1.807, 2.05) is 6.07 Å².